The molecule has 2 amide bonds. The number of carbonyl (C=O) groups excluding carboxylic acids is 1. The predicted octanol–water partition coefficient (Wildman–Crippen LogP) is 2.12. The minimum Gasteiger partial charge on any atom is -0.394 e. The molecule has 1 rings (SSSR count). The molecular formula is C13H26N2O2S. The number of nitrogens with one attached hydrogen (secondary N) is 2. The quantitative estimate of drug-likeness (QED) is 0.695. The van der Waals surface area contributed by atoms with Crippen LogP contribution in [0.4, 0.5) is 4.79 Å². The molecule has 0 radical (unpaired) electrons. The van der Waals surface area contributed by atoms with Gasteiger partial charge < -0.3 is 15.7 Å². The highest BCUT2D eigenvalue weighted by Crippen LogP contribution is 2.28. The molecule has 1 fully saturated rings. The van der Waals surface area contributed by atoms with Crippen LogP contribution in [0.5, 0.6) is 0 Å². The maximum atomic E-state index is 11.8. The highest BCUT2D eigenvalue weighted by molar-refractivity contribution is 7.99. The van der Waals surface area contributed by atoms with E-state index in [0.29, 0.717) is 5.25 Å². The van der Waals surface area contributed by atoms with Gasteiger partial charge in [0, 0.05) is 11.3 Å². The standard InChI is InChI=1S/C13H26N2O2S/c1-3-10(9-16)14-13(17)15-11-7-5-6-8-12(11)18-4-2/h10-12,16H,3-9H2,1-2H3,(H2,14,15,17). The van der Waals surface area contributed by atoms with Gasteiger partial charge in [-0.2, -0.15) is 11.8 Å². The fraction of sp³-hybridized carbons (Fsp3) is 0.923. The van der Waals surface area contributed by atoms with Crippen molar-refractivity contribution in [2.45, 2.75) is 63.3 Å². The van der Waals surface area contributed by atoms with E-state index in [2.05, 4.69) is 17.6 Å². The second-order valence-corrected chi connectivity index (χ2v) is 6.31. The molecular weight excluding hydrogens is 248 g/mol. The highest BCUT2D eigenvalue weighted by atomic mass is 32.2. The Kier molecular flexibility index (Phi) is 7.51. The summed E-state index contributed by atoms with van der Waals surface area (Å²) in [5.41, 5.74) is 0. The van der Waals surface area contributed by atoms with Crippen LogP contribution >= 0.6 is 11.8 Å². The first-order chi connectivity index (χ1) is 8.71. The number of rotatable bonds is 6. The number of urea groups is 1. The Bertz CT molecular complexity index is 245. The number of aliphatic hydroxyl groups is 1. The van der Waals surface area contributed by atoms with Crippen molar-refractivity contribution in [2.24, 2.45) is 0 Å². The Morgan fingerprint density at radius 1 is 1.39 bits per heavy atom. The van der Waals surface area contributed by atoms with Gasteiger partial charge in [-0.1, -0.05) is 26.7 Å². The lowest BCUT2D eigenvalue weighted by molar-refractivity contribution is 0.209. The second-order valence-electron chi connectivity index (χ2n) is 4.79. The first-order valence-electron chi connectivity index (χ1n) is 7.00. The van der Waals surface area contributed by atoms with E-state index in [1.807, 2.05) is 18.7 Å². The third-order valence-corrected chi connectivity index (χ3v) is 4.77. The number of hydrogen-bond donors (Lipinski definition) is 3. The van der Waals surface area contributed by atoms with E-state index in [1.165, 1.54) is 19.3 Å². The summed E-state index contributed by atoms with van der Waals surface area (Å²) in [6.45, 7) is 4.12. The van der Waals surface area contributed by atoms with Gasteiger partial charge in [0.25, 0.3) is 0 Å². The average Bonchev–Trinajstić information content (AvgIpc) is 2.38. The first kappa shape index (κ1) is 15.6. The Morgan fingerprint density at radius 3 is 2.72 bits per heavy atom. The van der Waals surface area contributed by atoms with Crippen LogP contribution in [-0.4, -0.2) is 40.8 Å². The van der Waals surface area contributed by atoms with Crippen molar-refractivity contribution >= 4 is 17.8 Å². The number of carbonyl (C=O) groups is 1. The lowest BCUT2D eigenvalue weighted by Gasteiger charge is -2.32. The zero-order valence-corrected chi connectivity index (χ0v) is 12.3. The SMILES string of the molecule is CCSC1CCCCC1NC(=O)NC(CC)CO. The summed E-state index contributed by atoms with van der Waals surface area (Å²) in [6, 6.07) is 0.00951. The van der Waals surface area contributed by atoms with E-state index < -0.39 is 0 Å². The number of thioether (sulfide) groups is 1. The minimum atomic E-state index is -0.135. The lowest BCUT2D eigenvalue weighted by Crippen LogP contribution is -2.51. The van der Waals surface area contributed by atoms with Crippen molar-refractivity contribution in [3.63, 3.8) is 0 Å². The van der Waals surface area contributed by atoms with Gasteiger partial charge in [0.05, 0.1) is 12.6 Å². The predicted molar refractivity (Wildman–Crippen MR) is 77.0 cm³/mol. The van der Waals surface area contributed by atoms with E-state index in [1.54, 1.807) is 0 Å². The van der Waals surface area contributed by atoms with Gasteiger partial charge in [0.2, 0.25) is 0 Å². The van der Waals surface area contributed by atoms with Gasteiger partial charge in [0.15, 0.2) is 0 Å². The number of hydrogen-bond acceptors (Lipinski definition) is 3. The Labute approximate surface area is 114 Å². The molecule has 4 nitrogen and oxygen atoms in total. The summed E-state index contributed by atoms with van der Waals surface area (Å²) in [4.78, 5) is 11.8. The fourth-order valence-electron chi connectivity index (χ4n) is 2.35. The van der Waals surface area contributed by atoms with Gasteiger partial charge in [-0.3, -0.25) is 0 Å². The number of aliphatic hydroxyl groups excluding tert-OH is 1. The Morgan fingerprint density at radius 2 is 2.11 bits per heavy atom. The van der Waals surface area contributed by atoms with E-state index in [4.69, 9.17) is 5.11 Å². The van der Waals surface area contributed by atoms with Crippen LogP contribution in [0.2, 0.25) is 0 Å². The largest absolute Gasteiger partial charge is 0.394 e. The van der Waals surface area contributed by atoms with Crippen molar-refractivity contribution in [3.8, 4) is 0 Å². The molecule has 0 aromatic carbocycles. The molecule has 0 heterocycles. The van der Waals surface area contributed by atoms with Gasteiger partial charge in [-0.05, 0) is 25.0 Å². The van der Waals surface area contributed by atoms with Gasteiger partial charge in [0.1, 0.15) is 0 Å². The van der Waals surface area contributed by atoms with Crippen LogP contribution in [-0.2, 0) is 0 Å². The molecule has 1 saturated carbocycles. The van der Waals surface area contributed by atoms with E-state index in [-0.39, 0.29) is 24.7 Å². The van der Waals surface area contributed by atoms with Gasteiger partial charge in [-0.25, -0.2) is 4.79 Å². The van der Waals surface area contributed by atoms with E-state index in [9.17, 15) is 4.79 Å². The topological polar surface area (TPSA) is 61.4 Å². The highest BCUT2D eigenvalue weighted by Gasteiger charge is 2.26. The van der Waals surface area contributed by atoms with Crippen LogP contribution in [0.3, 0.4) is 0 Å². The van der Waals surface area contributed by atoms with Crippen molar-refractivity contribution < 1.29 is 9.90 Å². The third-order valence-electron chi connectivity index (χ3n) is 3.45. The smallest absolute Gasteiger partial charge is 0.315 e. The zero-order valence-electron chi connectivity index (χ0n) is 11.4. The first-order valence-corrected chi connectivity index (χ1v) is 8.05. The summed E-state index contributed by atoms with van der Waals surface area (Å²) in [5, 5.41) is 15.5. The molecule has 3 N–H and O–H groups in total. The summed E-state index contributed by atoms with van der Waals surface area (Å²) in [6.07, 6.45) is 5.48. The molecule has 0 saturated heterocycles. The molecule has 3 unspecified atom stereocenters. The monoisotopic (exact) mass is 274 g/mol. The summed E-state index contributed by atoms with van der Waals surface area (Å²) in [7, 11) is 0. The molecule has 1 aliphatic rings. The molecule has 0 aliphatic heterocycles. The second kappa shape index (κ2) is 8.64. The fourth-order valence-corrected chi connectivity index (χ4v) is 3.55. The average molecular weight is 274 g/mol. The number of amides is 2. The van der Waals surface area contributed by atoms with Crippen molar-refractivity contribution in [3.05, 3.63) is 0 Å². The summed E-state index contributed by atoms with van der Waals surface area (Å²) >= 11 is 1.94. The van der Waals surface area contributed by atoms with Crippen molar-refractivity contribution in [2.75, 3.05) is 12.4 Å². The van der Waals surface area contributed by atoms with Gasteiger partial charge >= 0.3 is 6.03 Å². The van der Waals surface area contributed by atoms with Crippen molar-refractivity contribution in [1.29, 1.82) is 0 Å². The molecule has 1 aliphatic carbocycles. The summed E-state index contributed by atoms with van der Waals surface area (Å²) < 4.78 is 0. The molecule has 0 aromatic rings. The molecule has 0 aromatic heterocycles. The summed E-state index contributed by atoms with van der Waals surface area (Å²) in [5.74, 6) is 1.10. The van der Waals surface area contributed by atoms with Crippen LogP contribution < -0.4 is 10.6 Å². The molecule has 18 heavy (non-hydrogen) atoms. The Hall–Kier alpha value is -0.420. The van der Waals surface area contributed by atoms with Gasteiger partial charge in [-0.15, -0.1) is 0 Å². The van der Waals surface area contributed by atoms with Crippen LogP contribution in [0.25, 0.3) is 0 Å². The van der Waals surface area contributed by atoms with Crippen LogP contribution in [0.1, 0.15) is 46.0 Å². The maximum absolute atomic E-state index is 11.8. The maximum Gasteiger partial charge on any atom is 0.315 e. The lowest BCUT2D eigenvalue weighted by atomic mass is 9.95. The normalized spacial score (nSPS) is 25.5. The molecule has 3 atom stereocenters. The molecule has 0 spiro atoms. The zero-order chi connectivity index (χ0) is 13.4. The van der Waals surface area contributed by atoms with Crippen LogP contribution in [0, 0.1) is 0 Å². The molecule has 106 valence electrons. The van der Waals surface area contributed by atoms with Crippen molar-refractivity contribution in [1.82, 2.24) is 10.6 Å². The third kappa shape index (κ3) is 5.06. The van der Waals surface area contributed by atoms with Crippen LogP contribution in [0.15, 0.2) is 0 Å². The van der Waals surface area contributed by atoms with E-state index in [0.717, 1.165) is 18.6 Å². The van der Waals surface area contributed by atoms with E-state index >= 15 is 0 Å². The molecule has 0 bridgehead atoms. The molecule has 5 heteroatoms. The Balaban J connectivity index is 2.40. The minimum absolute atomic E-state index is 0.00171.